The Balaban J connectivity index is 1.87. The van der Waals surface area contributed by atoms with Crippen LogP contribution in [0.25, 0.3) is 11.2 Å². The molecule has 0 saturated carbocycles. The van der Waals surface area contributed by atoms with Gasteiger partial charge < -0.3 is 5.32 Å². The molecule has 2 aromatic rings. The van der Waals surface area contributed by atoms with E-state index >= 15 is 0 Å². The maximum atomic E-state index is 4.86. The first-order chi connectivity index (χ1) is 9.43. The number of imidazole rings is 1. The molecule has 0 amide bonds. The van der Waals surface area contributed by atoms with Gasteiger partial charge in [-0.05, 0) is 50.1 Å². The Hall–Kier alpha value is -1.07. The molecule has 0 radical (unpaired) electrons. The molecule has 4 rings (SSSR count). The lowest BCUT2D eigenvalue weighted by Crippen LogP contribution is -2.19. The fourth-order valence-corrected chi connectivity index (χ4v) is 4.44. The second-order valence-electron chi connectivity index (χ2n) is 5.30. The summed E-state index contributed by atoms with van der Waals surface area (Å²) in [5.41, 5.74) is 2.10. The van der Waals surface area contributed by atoms with Crippen LogP contribution in [0.2, 0.25) is 0 Å². The minimum Gasteiger partial charge on any atom is -0.307 e. The summed E-state index contributed by atoms with van der Waals surface area (Å²) >= 11 is 2.04. The van der Waals surface area contributed by atoms with Gasteiger partial charge in [0, 0.05) is 6.20 Å². The van der Waals surface area contributed by atoms with Gasteiger partial charge in [0.25, 0.3) is 0 Å². The van der Waals surface area contributed by atoms with Gasteiger partial charge in [0.1, 0.15) is 11.3 Å². The average molecular weight is 274 g/mol. The summed E-state index contributed by atoms with van der Waals surface area (Å²) < 4.78 is 2.40. The molecule has 4 heterocycles. The quantitative estimate of drug-likeness (QED) is 0.914. The molecule has 2 fully saturated rings. The monoisotopic (exact) mass is 274 g/mol. The van der Waals surface area contributed by atoms with E-state index in [1.165, 1.54) is 37.3 Å². The average Bonchev–Trinajstić information content (AvgIpc) is 3.17. The lowest BCUT2D eigenvalue weighted by atomic mass is 10.2. The van der Waals surface area contributed by atoms with Gasteiger partial charge in [0.2, 0.25) is 0 Å². The number of nitrogens with one attached hydrogen (secondary N) is 1. The number of rotatable bonds is 2. The van der Waals surface area contributed by atoms with Crippen LogP contribution < -0.4 is 5.32 Å². The Bertz CT molecular complexity index is 582. The van der Waals surface area contributed by atoms with Crippen LogP contribution >= 0.6 is 11.8 Å². The summed E-state index contributed by atoms with van der Waals surface area (Å²) in [6.45, 7) is 1.11. The summed E-state index contributed by atoms with van der Waals surface area (Å²) in [6, 6.07) is 4.47. The van der Waals surface area contributed by atoms with E-state index in [-0.39, 0.29) is 0 Å². The maximum Gasteiger partial charge on any atom is 0.161 e. The molecule has 2 saturated heterocycles. The summed E-state index contributed by atoms with van der Waals surface area (Å²) in [5.74, 6) is 2.46. The third-order valence-electron chi connectivity index (χ3n) is 4.04. The molecule has 100 valence electrons. The third-order valence-corrected chi connectivity index (χ3v) is 5.40. The second kappa shape index (κ2) is 4.80. The van der Waals surface area contributed by atoms with Crippen molar-refractivity contribution in [3.05, 3.63) is 24.2 Å². The zero-order valence-electron chi connectivity index (χ0n) is 10.9. The van der Waals surface area contributed by atoms with Gasteiger partial charge in [0.15, 0.2) is 5.65 Å². The van der Waals surface area contributed by atoms with E-state index in [2.05, 4.69) is 20.9 Å². The normalized spacial score (nSPS) is 27.4. The lowest BCUT2D eigenvalue weighted by molar-refractivity contribution is 0.539. The molecular formula is C14H18N4S. The van der Waals surface area contributed by atoms with Crippen molar-refractivity contribution in [2.45, 2.75) is 37.1 Å². The molecule has 0 bridgehead atoms. The van der Waals surface area contributed by atoms with Gasteiger partial charge in [-0.2, -0.15) is 0 Å². The van der Waals surface area contributed by atoms with E-state index in [4.69, 9.17) is 4.98 Å². The highest BCUT2D eigenvalue weighted by molar-refractivity contribution is 7.99. The molecule has 19 heavy (non-hydrogen) atoms. The predicted molar refractivity (Wildman–Crippen MR) is 78.2 cm³/mol. The number of hydrogen-bond acceptors (Lipinski definition) is 4. The van der Waals surface area contributed by atoms with Crippen LogP contribution in [-0.4, -0.2) is 26.8 Å². The molecule has 4 nitrogen and oxygen atoms in total. The van der Waals surface area contributed by atoms with Crippen molar-refractivity contribution < 1.29 is 0 Å². The largest absolute Gasteiger partial charge is 0.307 e. The molecular weight excluding hydrogens is 256 g/mol. The molecule has 2 aliphatic rings. The smallest absolute Gasteiger partial charge is 0.161 e. The zero-order chi connectivity index (χ0) is 12.7. The molecule has 2 aromatic heterocycles. The Morgan fingerprint density at radius 2 is 2.32 bits per heavy atom. The Labute approximate surface area is 117 Å². The van der Waals surface area contributed by atoms with Gasteiger partial charge in [-0.1, -0.05) is 0 Å². The Morgan fingerprint density at radius 3 is 3.11 bits per heavy atom. The number of aromatic nitrogens is 3. The minimum atomic E-state index is 0.412. The van der Waals surface area contributed by atoms with E-state index in [1.54, 1.807) is 0 Å². The molecule has 0 aromatic carbocycles. The van der Waals surface area contributed by atoms with Crippen molar-refractivity contribution in [1.29, 1.82) is 0 Å². The van der Waals surface area contributed by atoms with Crippen molar-refractivity contribution in [2.24, 2.45) is 0 Å². The first-order valence-electron chi connectivity index (χ1n) is 7.11. The highest BCUT2D eigenvalue weighted by Gasteiger charge is 2.28. The number of thioether (sulfide) groups is 1. The predicted octanol–water partition coefficient (Wildman–Crippen LogP) is 2.88. The molecule has 5 heteroatoms. The van der Waals surface area contributed by atoms with Crippen LogP contribution in [0, 0.1) is 0 Å². The first-order valence-corrected chi connectivity index (χ1v) is 8.16. The van der Waals surface area contributed by atoms with Crippen LogP contribution in [0.3, 0.4) is 0 Å². The van der Waals surface area contributed by atoms with Crippen molar-refractivity contribution in [3.8, 4) is 0 Å². The topological polar surface area (TPSA) is 42.7 Å². The van der Waals surface area contributed by atoms with Crippen molar-refractivity contribution in [3.63, 3.8) is 0 Å². The third kappa shape index (κ3) is 1.96. The number of hydrogen-bond donors (Lipinski definition) is 1. The number of fused-ring (bicyclic) bond motifs is 1. The fourth-order valence-electron chi connectivity index (χ4n) is 3.15. The van der Waals surface area contributed by atoms with Crippen LogP contribution in [0.15, 0.2) is 18.3 Å². The van der Waals surface area contributed by atoms with Crippen molar-refractivity contribution in [2.75, 3.05) is 12.3 Å². The Morgan fingerprint density at radius 1 is 1.32 bits per heavy atom. The van der Waals surface area contributed by atoms with Crippen LogP contribution in [-0.2, 0) is 0 Å². The summed E-state index contributed by atoms with van der Waals surface area (Å²) in [4.78, 5) is 9.44. The highest BCUT2D eigenvalue weighted by Crippen LogP contribution is 2.40. The lowest BCUT2D eigenvalue weighted by Gasteiger charge is -2.18. The molecule has 0 spiro atoms. The van der Waals surface area contributed by atoms with Crippen LogP contribution in [0.5, 0.6) is 0 Å². The van der Waals surface area contributed by atoms with E-state index in [9.17, 15) is 0 Å². The molecule has 1 N–H and O–H groups in total. The number of nitrogens with zero attached hydrogens (tertiary/aromatic N) is 3. The summed E-state index contributed by atoms with van der Waals surface area (Å²) in [7, 11) is 0. The minimum absolute atomic E-state index is 0.412. The second-order valence-corrected chi connectivity index (χ2v) is 6.59. The fraction of sp³-hybridized carbons (Fsp3) is 0.571. The first kappa shape index (κ1) is 11.7. The highest BCUT2D eigenvalue weighted by atomic mass is 32.2. The summed E-state index contributed by atoms with van der Waals surface area (Å²) in [5, 5.41) is 4.10. The molecule has 0 aliphatic carbocycles. The van der Waals surface area contributed by atoms with E-state index in [0.717, 1.165) is 17.7 Å². The van der Waals surface area contributed by atoms with E-state index in [0.29, 0.717) is 11.4 Å². The van der Waals surface area contributed by atoms with Crippen molar-refractivity contribution in [1.82, 2.24) is 19.9 Å². The van der Waals surface area contributed by atoms with E-state index in [1.807, 2.05) is 24.0 Å². The maximum absolute atomic E-state index is 4.86. The van der Waals surface area contributed by atoms with Gasteiger partial charge in [-0.25, -0.2) is 9.97 Å². The zero-order valence-corrected chi connectivity index (χ0v) is 11.7. The number of pyridine rings is 1. The molecule has 2 aliphatic heterocycles. The van der Waals surface area contributed by atoms with Gasteiger partial charge in [-0.3, -0.25) is 4.57 Å². The van der Waals surface area contributed by atoms with Crippen molar-refractivity contribution >= 4 is 22.9 Å². The summed E-state index contributed by atoms with van der Waals surface area (Å²) in [6.07, 6.45) is 6.87. The molecule has 2 atom stereocenters. The molecule has 2 unspecified atom stereocenters. The van der Waals surface area contributed by atoms with Crippen LogP contribution in [0.1, 0.15) is 42.9 Å². The van der Waals surface area contributed by atoms with E-state index < -0.39 is 0 Å². The standard InChI is InChI=1S/C14H18N4S/c1-4-10(15-7-1)14-17-11-5-2-8-16-13(11)18(14)12-6-3-9-19-12/h2,5,8,10,12,15H,1,3-4,6-7,9H2. The van der Waals surface area contributed by atoms with Crippen LogP contribution in [0.4, 0.5) is 0 Å². The van der Waals surface area contributed by atoms with Gasteiger partial charge in [-0.15, -0.1) is 11.8 Å². The Kier molecular flexibility index (Phi) is 2.96. The van der Waals surface area contributed by atoms with Gasteiger partial charge >= 0.3 is 0 Å². The van der Waals surface area contributed by atoms with Gasteiger partial charge in [0.05, 0.1) is 11.4 Å². The SMILES string of the molecule is c1cnc2c(c1)nc(C1CCCN1)n2C1CCCS1.